The van der Waals surface area contributed by atoms with Gasteiger partial charge >= 0.3 is 0 Å². The summed E-state index contributed by atoms with van der Waals surface area (Å²) in [7, 11) is 0. The lowest BCUT2D eigenvalue weighted by atomic mass is 9.73. The lowest BCUT2D eigenvalue weighted by Gasteiger charge is -2.44. The Balaban J connectivity index is 3.96. The van der Waals surface area contributed by atoms with Crippen molar-refractivity contribution in [3.8, 4) is 0 Å². The molecule has 0 radical (unpaired) electrons. The van der Waals surface area contributed by atoms with Crippen molar-refractivity contribution in [2.24, 2.45) is 5.73 Å². The smallest absolute Gasteiger partial charge is 0.0409 e. The lowest BCUT2D eigenvalue weighted by molar-refractivity contribution is 0.200. The molecule has 0 aliphatic heterocycles. The molecule has 3 N–H and O–H groups in total. The van der Waals surface area contributed by atoms with Crippen LogP contribution in [0.1, 0.15) is 169 Å². The van der Waals surface area contributed by atoms with Crippen molar-refractivity contribution >= 4 is 16.1 Å². The molecule has 0 aromatic heterocycles. The number of nitrogens with one attached hydrogen (secondary N) is 1. The minimum atomic E-state index is -0.128. The van der Waals surface area contributed by atoms with Gasteiger partial charge in [0.05, 0.1) is 0 Å². The number of hydrogen-bond acceptors (Lipinski definition) is 2. The first kappa shape index (κ1) is 31.4. The molecule has 0 spiro atoms. The van der Waals surface area contributed by atoms with E-state index in [0.29, 0.717) is 0 Å². The zero-order valence-electron chi connectivity index (χ0n) is 22.0. The quantitative estimate of drug-likeness (QED) is 0.102. The summed E-state index contributed by atoms with van der Waals surface area (Å²) in [4.78, 5) is 0. The second-order valence-electron chi connectivity index (χ2n) is 10.7. The third kappa shape index (κ3) is 16.6. The molecule has 31 heavy (non-hydrogen) atoms. The Morgan fingerprint density at radius 2 is 0.774 bits per heavy atom. The molecule has 188 valence electrons. The van der Waals surface area contributed by atoms with Gasteiger partial charge in [0.1, 0.15) is 0 Å². The van der Waals surface area contributed by atoms with Crippen molar-refractivity contribution < 1.29 is 0 Å². The molecular weight excluding hydrogens is 444 g/mol. The molecule has 2 nitrogen and oxygen atoms in total. The first-order valence-corrected chi connectivity index (χ1v) is 14.9. The third-order valence-electron chi connectivity index (χ3n) is 7.43. The van der Waals surface area contributed by atoms with Crippen LogP contribution in [0.25, 0.3) is 0 Å². The molecule has 0 rings (SSSR count). The normalized spacial score (nSPS) is 12.6. The van der Waals surface area contributed by atoms with Crippen molar-refractivity contribution in [1.29, 1.82) is 0 Å². The van der Waals surface area contributed by atoms with E-state index in [4.69, 9.17) is 5.73 Å². The van der Waals surface area contributed by atoms with Crippen LogP contribution in [0.3, 0.4) is 0 Å². The van der Waals surface area contributed by atoms with Crippen LogP contribution < -0.4 is 10.1 Å². The molecule has 0 unspecified atom stereocenters. The number of halogens is 1. The van der Waals surface area contributed by atoms with E-state index in [1.165, 1.54) is 128 Å². The van der Waals surface area contributed by atoms with Gasteiger partial charge in [0.2, 0.25) is 0 Å². The van der Waals surface area contributed by atoms with Gasteiger partial charge in [-0.05, 0) is 26.7 Å². The van der Waals surface area contributed by atoms with Crippen molar-refractivity contribution in [2.45, 2.75) is 180 Å². The summed E-state index contributed by atoms with van der Waals surface area (Å²) in [6.45, 7) is 9.10. The maximum Gasteiger partial charge on any atom is 0.0409 e. The van der Waals surface area contributed by atoms with Crippen molar-refractivity contribution in [2.75, 3.05) is 0 Å². The predicted octanol–water partition coefficient (Wildman–Crippen LogP) is 9.98. The SMILES string of the molecule is CCCCCCCCCCCCC(N)(CCCCCCCCCCCC)C(C)(C)NBr. The van der Waals surface area contributed by atoms with Crippen LogP contribution in [0.5, 0.6) is 0 Å². The summed E-state index contributed by atoms with van der Waals surface area (Å²) >= 11 is 3.51. The average molecular weight is 504 g/mol. The molecular formula is C28H59BrN2. The molecule has 0 aromatic rings. The number of nitrogens with two attached hydrogens (primary N) is 1. The molecule has 0 saturated carbocycles. The Morgan fingerprint density at radius 3 is 1.03 bits per heavy atom. The van der Waals surface area contributed by atoms with Crippen molar-refractivity contribution in [3.63, 3.8) is 0 Å². The molecule has 3 heteroatoms. The highest BCUT2D eigenvalue weighted by atomic mass is 79.9. The van der Waals surface area contributed by atoms with Crippen LogP contribution in [0.15, 0.2) is 0 Å². The fraction of sp³-hybridized carbons (Fsp3) is 1.00. The molecule has 0 amide bonds. The Hall–Kier alpha value is 0.400. The molecule has 0 bridgehead atoms. The van der Waals surface area contributed by atoms with Gasteiger partial charge in [-0.1, -0.05) is 142 Å². The highest BCUT2D eigenvalue weighted by Gasteiger charge is 2.40. The molecule has 0 saturated heterocycles. The fourth-order valence-electron chi connectivity index (χ4n) is 4.70. The Morgan fingerprint density at radius 1 is 0.516 bits per heavy atom. The van der Waals surface area contributed by atoms with Crippen molar-refractivity contribution in [1.82, 2.24) is 4.34 Å². The van der Waals surface area contributed by atoms with Gasteiger partial charge in [-0.15, -0.1) is 0 Å². The van der Waals surface area contributed by atoms with E-state index in [1.807, 2.05) is 0 Å². The van der Waals surface area contributed by atoms with E-state index >= 15 is 0 Å². The Bertz CT molecular complexity index is 346. The summed E-state index contributed by atoms with van der Waals surface area (Å²) in [6, 6.07) is 0. The zero-order valence-corrected chi connectivity index (χ0v) is 23.6. The minimum Gasteiger partial charge on any atom is -0.324 e. The monoisotopic (exact) mass is 502 g/mol. The van der Waals surface area contributed by atoms with Crippen LogP contribution in [0, 0.1) is 0 Å². The predicted molar refractivity (Wildman–Crippen MR) is 146 cm³/mol. The van der Waals surface area contributed by atoms with E-state index in [-0.39, 0.29) is 11.1 Å². The molecule has 0 aliphatic carbocycles. The maximum atomic E-state index is 7.01. The molecule has 0 aliphatic rings. The van der Waals surface area contributed by atoms with Crippen molar-refractivity contribution in [3.05, 3.63) is 0 Å². The summed E-state index contributed by atoms with van der Waals surface area (Å²) in [5.41, 5.74) is 6.81. The molecule has 0 aromatic carbocycles. The van der Waals surface area contributed by atoms with Crippen LogP contribution in [-0.2, 0) is 0 Å². The second kappa shape index (κ2) is 21.0. The van der Waals surface area contributed by atoms with E-state index < -0.39 is 0 Å². The van der Waals surface area contributed by atoms with Gasteiger partial charge in [-0.2, -0.15) is 0 Å². The zero-order chi connectivity index (χ0) is 23.3. The minimum absolute atomic E-state index is 0.0778. The number of hydrogen-bond donors (Lipinski definition) is 2. The topological polar surface area (TPSA) is 38.0 Å². The lowest BCUT2D eigenvalue weighted by Crippen LogP contribution is -2.62. The highest BCUT2D eigenvalue weighted by molar-refractivity contribution is 9.08. The second-order valence-corrected chi connectivity index (χ2v) is 11.1. The molecule has 0 atom stereocenters. The van der Waals surface area contributed by atoms with Crippen LogP contribution in [-0.4, -0.2) is 11.1 Å². The third-order valence-corrected chi connectivity index (χ3v) is 8.43. The number of unbranched alkanes of at least 4 members (excludes halogenated alkanes) is 18. The van der Waals surface area contributed by atoms with E-state index in [1.54, 1.807) is 0 Å². The summed E-state index contributed by atoms with van der Waals surface area (Å²) in [6.07, 6.45) is 30.0. The summed E-state index contributed by atoms with van der Waals surface area (Å²) in [5, 5.41) is 0. The number of rotatable bonds is 24. The highest BCUT2D eigenvalue weighted by Crippen LogP contribution is 2.32. The summed E-state index contributed by atoms with van der Waals surface area (Å²) < 4.78 is 3.34. The standard InChI is InChI=1S/C28H59BrN2/c1-5-7-9-11-13-15-17-19-21-23-25-28(30,27(3,4)31-29)26-24-22-20-18-16-14-12-10-8-6-2/h31H,5-26,30H2,1-4H3. The van der Waals surface area contributed by atoms with Gasteiger partial charge in [0.15, 0.2) is 0 Å². The van der Waals surface area contributed by atoms with Crippen LogP contribution in [0.4, 0.5) is 0 Å². The maximum absolute atomic E-state index is 7.01. The van der Waals surface area contributed by atoms with Gasteiger partial charge in [-0.25, -0.2) is 4.34 Å². The Kier molecular flexibility index (Phi) is 21.2. The first-order valence-electron chi connectivity index (χ1n) is 14.1. The van der Waals surface area contributed by atoms with Gasteiger partial charge in [-0.3, -0.25) is 0 Å². The summed E-state index contributed by atoms with van der Waals surface area (Å²) in [5.74, 6) is 0. The van der Waals surface area contributed by atoms with E-state index in [2.05, 4.69) is 48.2 Å². The molecule has 0 heterocycles. The van der Waals surface area contributed by atoms with E-state index in [9.17, 15) is 0 Å². The van der Waals surface area contributed by atoms with Gasteiger partial charge < -0.3 is 5.73 Å². The van der Waals surface area contributed by atoms with Gasteiger partial charge in [0.25, 0.3) is 0 Å². The average Bonchev–Trinajstić information content (AvgIpc) is 2.76. The molecule has 0 fully saturated rings. The first-order chi connectivity index (χ1) is 14.9. The van der Waals surface area contributed by atoms with Crippen LogP contribution >= 0.6 is 16.1 Å². The fourth-order valence-corrected chi connectivity index (χ4v) is 5.09. The van der Waals surface area contributed by atoms with Gasteiger partial charge in [0, 0.05) is 27.2 Å². The largest absolute Gasteiger partial charge is 0.324 e. The van der Waals surface area contributed by atoms with E-state index in [0.717, 1.165) is 12.8 Å². The Labute approximate surface area is 206 Å². The van der Waals surface area contributed by atoms with Crippen LogP contribution in [0.2, 0.25) is 0 Å².